The van der Waals surface area contributed by atoms with Crippen LogP contribution in [0.3, 0.4) is 0 Å². The van der Waals surface area contributed by atoms with E-state index in [9.17, 15) is 4.79 Å². The van der Waals surface area contributed by atoms with Crippen LogP contribution in [-0.4, -0.2) is 20.2 Å². The molecule has 17 heavy (non-hydrogen) atoms. The minimum Gasteiger partial charge on any atom is -0.495 e. The van der Waals surface area contributed by atoms with E-state index in [-0.39, 0.29) is 5.57 Å². The van der Waals surface area contributed by atoms with Crippen molar-refractivity contribution >= 4 is 11.7 Å². The Labute approximate surface area is 99.3 Å². The zero-order chi connectivity index (χ0) is 12.7. The summed E-state index contributed by atoms with van der Waals surface area (Å²) in [5, 5.41) is 11.6. The number of carbonyl (C=O) groups is 1. The zero-order valence-electron chi connectivity index (χ0n) is 9.56. The summed E-state index contributed by atoms with van der Waals surface area (Å²) < 4.78 is 9.55. The predicted octanol–water partition coefficient (Wildman–Crippen LogP) is 1.69. The lowest BCUT2D eigenvalue weighted by Gasteiger charge is -2.07. The van der Waals surface area contributed by atoms with Gasteiger partial charge in [0.2, 0.25) is 0 Å². The molecule has 5 nitrogen and oxygen atoms in total. The molecule has 0 fully saturated rings. The average Bonchev–Trinajstić information content (AvgIpc) is 2.39. The summed E-state index contributed by atoms with van der Waals surface area (Å²) in [7, 11) is 2.76. The monoisotopic (exact) mass is 232 g/mol. The van der Waals surface area contributed by atoms with E-state index >= 15 is 0 Å². The normalized spacial score (nSPS) is 10.3. The summed E-state index contributed by atoms with van der Waals surface area (Å²) in [4.78, 5) is 11.1. The molecule has 0 aliphatic carbocycles. The van der Waals surface area contributed by atoms with E-state index in [2.05, 4.69) is 10.1 Å². The zero-order valence-corrected chi connectivity index (χ0v) is 9.56. The molecule has 0 unspecified atom stereocenters. The first-order valence-corrected chi connectivity index (χ1v) is 4.81. The van der Waals surface area contributed by atoms with Gasteiger partial charge in [0.05, 0.1) is 19.9 Å². The fourth-order valence-corrected chi connectivity index (χ4v) is 1.16. The summed E-state index contributed by atoms with van der Waals surface area (Å²) in [5.41, 5.74) is 0.546. The van der Waals surface area contributed by atoms with Crippen molar-refractivity contribution in [2.24, 2.45) is 0 Å². The van der Waals surface area contributed by atoms with Crippen molar-refractivity contribution in [1.29, 1.82) is 5.26 Å². The lowest BCUT2D eigenvalue weighted by molar-refractivity contribution is -0.135. The second-order valence-electron chi connectivity index (χ2n) is 3.01. The lowest BCUT2D eigenvalue weighted by atomic mass is 10.3. The quantitative estimate of drug-likeness (QED) is 0.486. The fourth-order valence-electron chi connectivity index (χ4n) is 1.16. The Hall–Kier alpha value is -2.48. The molecule has 0 saturated carbocycles. The smallest absolute Gasteiger partial charge is 0.350 e. The molecule has 0 aliphatic rings. The number of nitrogens with zero attached hydrogens (tertiary/aromatic N) is 1. The van der Waals surface area contributed by atoms with Crippen LogP contribution in [0.25, 0.3) is 0 Å². The highest BCUT2D eigenvalue weighted by atomic mass is 16.5. The number of rotatable bonds is 4. The van der Waals surface area contributed by atoms with E-state index < -0.39 is 5.97 Å². The van der Waals surface area contributed by atoms with Gasteiger partial charge < -0.3 is 14.8 Å². The predicted molar refractivity (Wildman–Crippen MR) is 62.3 cm³/mol. The number of nitrogens with one attached hydrogen (secondary N) is 1. The van der Waals surface area contributed by atoms with E-state index in [0.717, 1.165) is 0 Å². The largest absolute Gasteiger partial charge is 0.495 e. The Morgan fingerprint density at radius 2 is 2.12 bits per heavy atom. The van der Waals surface area contributed by atoms with Crippen LogP contribution < -0.4 is 10.1 Å². The highest BCUT2D eigenvalue weighted by Gasteiger charge is 2.08. The van der Waals surface area contributed by atoms with E-state index in [0.29, 0.717) is 11.4 Å². The van der Waals surface area contributed by atoms with Crippen molar-refractivity contribution in [3.05, 3.63) is 36.0 Å². The van der Waals surface area contributed by atoms with E-state index in [4.69, 9.17) is 10.00 Å². The average molecular weight is 232 g/mol. The molecule has 1 aromatic carbocycles. The van der Waals surface area contributed by atoms with Crippen LogP contribution in [0.15, 0.2) is 36.0 Å². The Bertz CT molecular complexity index is 475. The second-order valence-corrected chi connectivity index (χ2v) is 3.01. The van der Waals surface area contributed by atoms with Gasteiger partial charge in [0.25, 0.3) is 0 Å². The summed E-state index contributed by atoms with van der Waals surface area (Å²) in [6.07, 6.45) is 1.28. The molecule has 1 aromatic rings. The molecular formula is C12H12N2O3. The van der Waals surface area contributed by atoms with Gasteiger partial charge in [-0.3, -0.25) is 0 Å². The minimum absolute atomic E-state index is 0.113. The van der Waals surface area contributed by atoms with Crippen LogP contribution in [0, 0.1) is 11.3 Å². The molecule has 0 radical (unpaired) electrons. The molecule has 0 amide bonds. The Balaban J connectivity index is 2.88. The molecule has 5 heteroatoms. The number of benzene rings is 1. The van der Waals surface area contributed by atoms with Gasteiger partial charge in [-0.25, -0.2) is 4.79 Å². The molecule has 1 rings (SSSR count). The summed E-state index contributed by atoms with van der Waals surface area (Å²) in [6, 6.07) is 8.90. The van der Waals surface area contributed by atoms with Crippen LogP contribution in [0.5, 0.6) is 5.75 Å². The number of anilines is 1. The molecule has 0 atom stereocenters. The van der Waals surface area contributed by atoms with Crippen molar-refractivity contribution in [2.45, 2.75) is 0 Å². The van der Waals surface area contributed by atoms with Crippen molar-refractivity contribution in [1.82, 2.24) is 0 Å². The molecular weight excluding hydrogens is 220 g/mol. The maximum Gasteiger partial charge on any atom is 0.350 e. The molecule has 0 spiro atoms. The molecule has 1 N–H and O–H groups in total. The molecule has 0 bridgehead atoms. The number of para-hydroxylation sites is 2. The van der Waals surface area contributed by atoms with Crippen LogP contribution in [0.4, 0.5) is 5.69 Å². The first kappa shape index (κ1) is 12.6. The van der Waals surface area contributed by atoms with Crippen LogP contribution in [0.1, 0.15) is 0 Å². The Morgan fingerprint density at radius 1 is 1.41 bits per heavy atom. The van der Waals surface area contributed by atoms with Crippen LogP contribution in [0.2, 0.25) is 0 Å². The molecule has 0 aromatic heterocycles. The van der Waals surface area contributed by atoms with Gasteiger partial charge in [0, 0.05) is 6.20 Å². The van der Waals surface area contributed by atoms with E-state index in [1.165, 1.54) is 20.4 Å². The fraction of sp³-hybridized carbons (Fsp3) is 0.167. The van der Waals surface area contributed by atoms with E-state index in [1.807, 2.05) is 12.1 Å². The number of carbonyl (C=O) groups excluding carboxylic acids is 1. The number of methoxy groups -OCH3 is 2. The van der Waals surface area contributed by atoms with E-state index in [1.54, 1.807) is 18.2 Å². The SMILES string of the molecule is COC(=O)/C(C#N)=C/Nc1ccccc1OC. The maximum absolute atomic E-state index is 11.1. The summed E-state index contributed by atoms with van der Waals surface area (Å²) in [5.74, 6) is -0.0687. The highest BCUT2D eigenvalue weighted by Crippen LogP contribution is 2.23. The minimum atomic E-state index is -0.685. The maximum atomic E-state index is 11.1. The van der Waals surface area contributed by atoms with Crippen molar-refractivity contribution < 1.29 is 14.3 Å². The van der Waals surface area contributed by atoms with Crippen molar-refractivity contribution in [3.8, 4) is 11.8 Å². The van der Waals surface area contributed by atoms with Crippen molar-refractivity contribution in [3.63, 3.8) is 0 Å². The third kappa shape index (κ3) is 3.24. The topological polar surface area (TPSA) is 71.4 Å². The van der Waals surface area contributed by atoms with Gasteiger partial charge in [-0.1, -0.05) is 12.1 Å². The third-order valence-corrected chi connectivity index (χ3v) is 2.00. The number of ether oxygens (including phenoxy) is 2. The molecule has 88 valence electrons. The molecule has 0 saturated heterocycles. The van der Waals surface area contributed by atoms with Crippen LogP contribution >= 0.6 is 0 Å². The van der Waals surface area contributed by atoms with Gasteiger partial charge in [0.1, 0.15) is 11.8 Å². The summed E-state index contributed by atoms with van der Waals surface area (Å²) in [6.45, 7) is 0. The second kappa shape index (κ2) is 6.18. The first-order valence-electron chi connectivity index (χ1n) is 4.81. The Morgan fingerprint density at radius 3 is 2.71 bits per heavy atom. The number of nitriles is 1. The molecule has 0 aliphatic heterocycles. The first-order chi connectivity index (χ1) is 8.22. The Kier molecular flexibility index (Phi) is 4.58. The van der Waals surface area contributed by atoms with Gasteiger partial charge in [-0.2, -0.15) is 5.26 Å². The third-order valence-electron chi connectivity index (χ3n) is 2.00. The van der Waals surface area contributed by atoms with Gasteiger partial charge >= 0.3 is 5.97 Å². The van der Waals surface area contributed by atoms with Crippen molar-refractivity contribution in [2.75, 3.05) is 19.5 Å². The number of hydrogen-bond donors (Lipinski definition) is 1. The number of esters is 1. The molecule has 0 heterocycles. The standard InChI is InChI=1S/C12H12N2O3/c1-16-11-6-4-3-5-10(11)14-8-9(7-13)12(15)17-2/h3-6,8,14H,1-2H3/b9-8+. The number of hydrogen-bond acceptors (Lipinski definition) is 5. The van der Waals surface area contributed by atoms with Gasteiger partial charge in [-0.05, 0) is 12.1 Å². The summed E-state index contributed by atoms with van der Waals surface area (Å²) >= 11 is 0. The van der Waals surface area contributed by atoms with Crippen LogP contribution in [-0.2, 0) is 9.53 Å². The van der Waals surface area contributed by atoms with Gasteiger partial charge in [0.15, 0.2) is 5.57 Å². The highest BCUT2D eigenvalue weighted by molar-refractivity contribution is 5.93. The lowest BCUT2D eigenvalue weighted by Crippen LogP contribution is -2.05. The van der Waals surface area contributed by atoms with Gasteiger partial charge in [-0.15, -0.1) is 0 Å².